The van der Waals surface area contributed by atoms with Crippen LogP contribution in [0.25, 0.3) is 0 Å². The minimum Gasteiger partial charge on any atom is -0.759 e. The normalized spacial score (nSPS) is 4.46. The fraction of sp³-hybridized carbons (Fsp3) is 0. The molecule has 0 heterocycles. The largest absolute Gasteiger partial charge is 1.00 e. The van der Waals surface area contributed by atoms with Crippen molar-refractivity contribution < 1.29 is 67.4 Å². The van der Waals surface area contributed by atoms with Gasteiger partial charge in [-0.25, -0.2) is 0 Å². The summed E-state index contributed by atoms with van der Waals surface area (Å²) in [5.41, 5.74) is 0. The maximum Gasteiger partial charge on any atom is 1.00 e. The van der Waals surface area contributed by atoms with Gasteiger partial charge in [-0.05, 0) is 0 Å². The summed E-state index contributed by atoms with van der Waals surface area (Å²) in [7, 11) is -5.17. The van der Waals surface area contributed by atoms with Gasteiger partial charge in [0.1, 0.15) is 0 Å². The van der Waals surface area contributed by atoms with Crippen molar-refractivity contribution in [1.82, 2.24) is 6.15 Å². The van der Waals surface area contributed by atoms with Crippen LogP contribution in [0.5, 0.6) is 0 Å². The molecule has 0 saturated carbocycles. The molecule has 0 atom stereocenters. The molecule has 0 saturated heterocycles. The summed E-state index contributed by atoms with van der Waals surface area (Å²) in [5, 5.41) is 0. The average Bonchev–Trinajstić information content (AvgIpc) is 0.722. The van der Waals surface area contributed by atoms with E-state index in [9.17, 15) is 0 Å². The molecule has 0 spiro atoms. The van der Waals surface area contributed by atoms with E-state index in [1.54, 1.807) is 0 Å². The predicted octanol–water partition coefficient (Wildman–Crippen LogP) is -5.91. The van der Waals surface area contributed by atoms with E-state index in [4.69, 9.17) is 17.5 Å². The molecule has 0 aromatic rings. The Morgan fingerprint density at radius 1 is 0.692 bits per heavy atom. The quantitative estimate of drug-likeness (QED) is 0.256. The third kappa shape index (κ3) is 103000. The molecule has 11 nitrogen and oxygen atoms in total. The molecule has 13 heavy (non-hydrogen) atoms. The van der Waals surface area contributed by atoms with Crippen LogP contribution in [0.3, 0.4) is 0 Å². The smallest absolute Gasteiger partial charge is 0.759 e. The third-order valence-electron chi connectivity index (χ3n) is 0. The molecule has 0 amide bonds. The van der Waals surface area contributed by atoms with Gasteiger partial charge in [0.15, 0.2) is 0 Å². The summed E-state index contributed by atoms with van der Waals surface area (Å²) in [6.07, 6.45) is 0. The summed E-state index contributed by atoms with van der Waals surface area (Å²) in [4.78, 5) is 0. The second kappa shape index (κ2) is 40.0. The number of hydrogen-bond acceptors (Lipinski definition) is 4. The minimum atomic E-state index is -5.17. The molecule has 13 heteroatoms. The molecule has 0 bridgehead atoms. The standard InChI is InChI=1S/Mn.H3N.H2O4S.6H2O/c;;1-5(2,3)4;;;;;;/h;1H3;(H2,1,2,3,4);6*1H2/q+1;;;;;;;;/p-1. The molecule has 0 aliphatic rings. The summed E-state index contributed by atoms with van der Waals surface area (Å²) < 4.78 is 34.1. The van der Waals surface area contributed by atoms with Crippen molar-refractivity contribution in [1.29, 1.82) is 0 Å². The Morgan fingerprint density at radius 2 is 0.692 bits per heavy atom. The topological polar surface area (TPSA) is 306 Å². The van der Waals surface area contributed by atoms with E-state index >= 15 is 0 Å². The van der Waals surface area contributed by atoms with Crippen LogP contribution >= 0.6 is 0 Å². The zero-order chi connectivity index (χ0) is 4.50. The molecule has 0 aromatic carbocycles. The van der Waals surface area contributed by atoms with Crippen molar-refractivity contribution >= 4 is 10.4 Å². The van der Waals surface area contributed by atoms with Gasteiger partial charge in [0.05, 0.1) is 0 Å². The van der Waals surface area contributed by atoms with Crippen LogP contribution in [0.2, 0.25) is 0 Å². The first-order valence-electron chi connectivity index (χ1n) is 0.667. The van der Waals surface area contributed by atoms with Crippen LogP contribution in [-0.4, -0.2) is 50.4 Å². The molecule has 94 valence electrons. The Labute approximate surface area is 84.6 Å². The van der Waals surface area contributed by atoms with Gasteiger partial charge < -0.3 is 48.1 Å². The summed E-state index contributed by atoms with van der Waals surface area (Å²) in [5.74, 6) is 0. The average molecular weight is 277 g/mol. The van der Waals surface area contributed by atoms with Gasteiger partial charge in [-0.2, -0.15) is 0 Å². The zero-order valence-electron chi connectivity index (χ0n) is 6.42. The fourth-order valence-electron chi connectivity index (χ4n) is 0. The van der Waals surface area contributed by atoms with Gasteiger partial charge in [-0.3, -0.25) is 8.42 Å². The van der Waals surface area contributed by atoms with Gasteiger partial charge in [0.2, 0.25) is 0 Å². The van der Waals surface area contributed by atoms with Crippen LogP contribution in [0, 0.1) is 0 Å². The number of quaternary nitrogens is 1. The van der Waals surface area contributed by atoms with Gasteiger partial charge in [0.25, 0.3) is 0 Å². The molecule has 0 unspecified atom stereocenters. The van der Waals surface area contributed by atoms with E-state index in [-0.39, 0.29) is 56.1 Å². The van der Waals surface area contributed by atoms with Crippen LogP contribution < -0.4 is 6.15 Å². The van der Waals surface area contributed by atoms with Gasteiger partial charge in [0, 0.05) is 10.4 Å². The SMILES string of the molecule is O.O.O.O.O.O.O=S(=O)([O-])[O-].[Mn+].[NH4+]. The summed E-state index contributed by atoms with van der Waals surface area (Å²) in [6.45, 7) is 0. The first-order valence-corrected chi connectivity index (χ1v) is 2.00. The van der Waals surface area contributed by atoms with Crippen molar-refractivity contribution in [3.05, 3.63) is 0 Å². The maximum atomic E-state index is 8.52. The van der Waals surface area contributed by atoms with Crippen molar-refractivity contribution in [3.8, 4) is 0 Å². The van der Waals surface area contributed by atoms with E-state index in [1.807, 2.05) is 0 Å². The number of rotatable bonds is 0. The molecular weight excluding hydrogens is 261 g/mol. The molecule has 0 aliphatic heterocycles. The van der Waals surface area contributed by atoms with Crippen molar-refractivity contribution in [2.75, 3.05) is 0 Å². The van der Waals surface area contributed by atoms with Crippen molar-refractivity contribution in [3.63, 3.8) is 0 Å². The second-order valence-electron chi connectivity index (χ2n) is 0.408. The Kier molecular flexibility index (Phi) is 351. The molecule has 0 aromatic heterocycles. The first kappa shape index (κ1) is 114. The summed E-state index contributed by atoms with van der Waals surface area (Å²) >= 11 is 0. The van der Waals surface area contributed by atoms with E-state index in [2.05, 4.69) is 0 Å². The Hall–Kier alpha value is 0.109. The fourth-order valence-corrected chi connectivity index (χ4v) is 0. The molecule has 16 N–H and O–H groups in total. The third-order valence-corrected chi connectivity index (χ3v) is 0. The van der Waals surface area contributed by atoms with E-state index in [0.29, 0.717) is 0 Å². The first-order chi connectivity index (χ1) is 2.00. The van der Waals surface area contributed by atoms with Crippen LogP contribution in [0.15, 0.2) is 0 Å². The van der Waals surface area contributed by atoms with Crippen LogP contribution in [0.4, 0.5) is 0 Å². The van der Waals surface area contributed by atoms with E-state index in [1.165, 1.54) is 0 Å². The number of hydrogen-bond donors (Lipinski definition) is 1. The Balaban J connectivity index is -0.00000000286. The summed E-state index contributed by atoms with van der Waals surface area (Å²) in [6, 6.07) is 0. The minimum absolute atomic E-state index is 0. The molecule has 0 radical (unpaired) electrons. The monoisotopic (exact) mass is 277 g/mol. The Morgan fingerprint density at radius 3 is 0.692 bits per heavy atom. The predicted molar refractivity (Wildman–Crippen MR) is 38.1 cm³/mol. The van der Waals surface area contributed by atoms with E-state index in [0.717, 1.165) is 0 Å². The molecule has 0 fully saturated rings. The van der Waals surface area contributed by atoms with Gasteiger partial charge in [-0.15, -0.1) is 0 Å². The van der Waals surface area contributed by atoms with Crippen LogP contribution in [-0.2, 0) is 27.5 Å². The van der Waals surface area contributed by atoms with Gasteiger partial charge in [-0.1, -0.05) is 0 Å². The van der Waals surface area contributed by atoms with E-state index < -0.39 is 10.4 Å². The second-order valence-corrected chi connectivity index (χ2v) is 1.22. The van der Waals surface area contributed by atoms with Gasteiger partial charge >= 0.3 is 17.1 Å². The molecular formula is H16MnNO10S. The molecule has 0 aliphatic carbocycles. The van der Waals surface area contributed by atoms with Crippen molar-refractivity contribution in [2.24, 2.45) is 0 Å². The zero-order valence-corrected chi connectivity index (χ0v) is 8.42. The maximum absolute atomic E-state index is 8.52. The van der Waals surface area contributed by atoms with Crippen molar-refractivity contribution in [2.45, 2.75) is 0 Å². The Bertz CT molecular complexity index is 98.1. The molecule has 0 rings (SSSR count). The van der Waals surface area contributed by atoms with Crippen LogP contribution in [0.1, 0.15) is 0 Å².